The summed E-state index contributed by atoms with van der Waals surface area (Å²) in [4.78, 5) is 10.3. The largest absolute Gasteiger partial charge is 0.393 e. The first kappa shape index (κ1) is 13.4. The van der Waals surface area contributed by atoms with Crippen molar-refractivity contribution in [3.63, 3.8) is 0 Å². The highest BCUT2D eigenvalue weighted by molar-refractivity contribution is 5.66. The van der Waals surface area contributed by atoms with E-state index in [-0.39, 0.29) is 17.4 Å². The van der Waals surface area contributed by atoms with Crippen molar-refractivity contribution in [2.75, 3.05) is 11.1 Å². The van der Waals surface area contributed by atoms with Crippen molar-refractivity contribution in [1.29, 1.82) is 0 Å². The summed E-state index contributed by atoms with van der Waals surface area (Å²) < 4.78 is 0. The molecule has 1 aliphatic carbocycles. The highest BCUT2D eigenvalue weighted by atomic mass is 16.6. The summed E-state index contributed by atoms with van der Waals surface area (Å²) in [5, 5.41) is 14.2. The van der Waals surface area contributed by atoms with Gasteiger partial charge in [-0.2, -0.15) is 0 Å². The Morgan fingerprint density at radius 3 is 2.81 bits per heavy atom. The quantitative estimate of drug-likeness (QED) is 0.511. The van der Waals surface area contributed by atoms with E-state index in [1.54, 1.807) is 12.1 Å². The molecule has 3 N–H and O–H groups in total. The zero-order chi connectivity index (χ0) is 14.8. The minimum absolute atomic E-state index is 0.0513. The van der Waals surface area contributed by atoms with E-state index < -0.39 is 4.92 Å². The van der Waals surface area contributed by atoms with Gasteiger partial charge in [0.15, 0.2) is 0 Å². The monoisotopic (exact) mass is 283 g/mol. The van der Waals surface area contributed by atoms with Crippen LogP contribution in [0.1, 0.15) is 30.0 Å². The van der Waals surface area contributed by atoms with Crippen molar-refractivity contribution in [3.05, 3.63) is 63.7 Å². The summed E-state index contributed by atoms with van der Waals surface area (Å²) in [6.45, 7) is 0. The molecule has 0 amide bonds. The number of nitro groups is 1. The maximum absolute atomic E-state index is 10.8. The molecular formula is C16H17N3O2. The topological polar surface area (TPSA) is 81.2 Å². The number of hydrogen-bond acceptors (Lipinski definition) is 4. The van der Waals surface area contributed by atoms with E-state index in [1.807, 2.05) is 6.07 Å². The van der Waals surface area contributed by atoms with Crippen molar-refractivity contribution in [3.8, 4) is 0 Å². The Labute approximate surface area is 122 Å². The molecule has 5 nitrogen and oxygen atoms in total. The Kier molecular flexibility index (Phi) is 3.48. The van der Waals surface area contributed by atoms with E-state index in [2.05, 4.69) is 23.5 Å². The molecule has 3 rings (SSSR count). The Balaban J connectivity index is 1.85. The van der Waals surface area contributed by atoms with Crippen molar-refractivity contribution < 1.29 is 4.92 Å². The molecule has 5 heteroatoms. The fourth-order valence-corrected chi connectivity index (χ4v) is 2.92. The Morgan fingerprint density at radius 2 is 2.05 bits per heavy atom. The van der Waals surface area contributed by atoms with Gasteiger partial charge in [0.25, 0.3) is 5.69 Å². The highest BCUT2D eigenvalue weighted by Gasteiger charge is 2.20. The number of nitrogens with zero attached hydrogens (tertiary/aromatic N) is 1. The summed E-state index contributed by atoms with van der Waals surface area (Å²) in [7, 11) is 0. The fourth-order valence-electron chi connectivity index (χ4n) is 2.92. The van der Waals surface area contributed by atoms with Crippen LogP contribution in [0.4, 0.5) is 17.1 Å². The third-order valence-corrected chi connectivity index (χ3v) is 3.93. The van der Waals surface area contributed by atoms with Gasteiger partial charge in [0.1, 0.15) is 5.69 Å². The lowest BCUT2D eigenvalue weighted by molar-refractivity contribution is -0.383. The predicted molar refractivity (Wildman–Crippen MR) is 83.3 cm³/mol. The van der Waals surface area contributed by atoms with Gasteiger partial charge in [0.05, 0.1) is 11.0 Å². The number of nitrogen functional groups attached to an aromatic ring is 1. The number of nitrogens with one attached hydrogen (secondary N) is 1. The number of benzene rings is 2. The van der Waals surface area contributed by atoms with E-state index in [1.165, 1.54) is 17.2 Å². The predicted octanol–water partition coefficient (Wildman–Crippen LogP) is 3.67. The van der Waals surface area contributed by atoms with Crippen LogP contribution >= 0.6 is 0 Å². The van der Waals surface area contributed by atoms with Gasteiger partial charge in [-0.3, -0.25) is 10.1 Å². The second-order valence-corrected chi connectivity index (χ2v) is 5.32. The number of nitro benzene ring substituents is 1. The van der Waals surface area contributed by atoms with Crippen LogP contribution in [0.2, 0.25) is 0 Å². The van der Waals surface area contributed by atoms with E-state index in [4.69, 9.17) is 5.73 Å². The molecule has 0 radical (unpaired) electrons. The molecule has 1 atom stereocenters. The standard InChI is InChI=1S/C16H17N3O2/c17-14-10-12(8-9-16(14)19(20)21)18-15-7-3-5-11-4-1-2-6-13(11)15/h1-2,4,6,8-10,15,18H,3,5,7,17H2. The first-order valence-electron chi connectivity index (χ1n) is 7.03. The van der Waals surface area contributed by atoms with Crippen LogP contribution in [0.25, 0.3) is 0 Å². The molecule has 0 heterocycles. The van der Waals surface area contributed by atoms with Crippen LogP contribution < -0.4 is 11.1 Å². The average Bonchev–Trinajstić information content (AvgIpc) is 2.47. The number of aryl methyl sites for hydroxylation is 1. The van der Waals surface area contributed by atoms with Crippen LogP contribution in [-0.4, -0.2) is 4.92 Å². The molecule has 0 fully saturated rings. The highest BCUT2D eigenvalue weighted by Crippen LogP contribution is 2.33. The second-order valence-electron chi connectivity index (χ2n) is 5.32. The van der Waals surface area contributed by atoms with Crippen molar-refractivity contribution in [2.45, 2.75) is 25.3 Å². The number of fused-ring (bicyclic) bond motifs is 1. The molecule has 2 aromatic rings. The molecule has 0 saturated carbocycles. The SMILES string of the molecule is Nc1cc(NC2CCCc3ccccc32)ccc1[N+](=O)[O-]. The fraction of sp³-hybridized carbons (Fsp3) is 0.250. The molecule has 1 aliphatic rings. The van der Waals surface area contributed by atoms with Gasteiger partial charge in [-0.05, 0) is 42.5 Å². The first-order chi connectivity index (χ1) is 10.1. The molecular weight excluding hydrogens is 266 g/mol. The van der Waals surface area contributed by atoms with Gasteiger partial charge < -0.3 is 11.1 Å². The minimum Gasteiger partial charge on any atom is -0.393 e. The van der Waals surface area contributed by atoms with Gasteiger partial charge in [0, 0.05) is 11.8 Å². The molecule has 21 heavy (non-hydrogen) atoms. The maximum Gasteiger partial charge on any atom is 0.292 e. The lowest BCUT2D eigenvalue weighted by atomic mass is 9.87. The summed E-state index contributed by atoms with van der Waals surface area (Å²) in [5.41, 5.74) is 9.37. The van der Waals surface area contributed by atoms with Crippen LogP contribution in [0.3, 0.4) is 0 Å². The van der Waals surface area contributed by atoms with Crippen molar-refractivity contribution in [1.82, 2.24) is 0 Å². The molecule has 0 saturated heterocycles. The molecule has 0 aromatic heterocycles. The average molecular weight is 283 g/mol. The summed E-state index contributed by atoms with van der Waals surface area (Å²) >= 11 is 0. The van der Waals surface area contributed by atoms with Crippen molar-refractivity contribution in [2.24, 2.45) is 0 Å². The molecule has 0 spiro atoms. The van der Waals surface area contributed by atoms with E-state index in [9.17, 15) is 10.1 Å². The van der Waals surface area contributed by atoms with E-state index in [0.717, 1.165) is 24.9 Å². The van der Waals surface area contributed by atoms with Crippen molar-refractivity contribution >= 4 is 17.1 Å². The lowest BCUT2D eigenvalue weighted by Gasteiger charge is -2.27. The smallest absolute Gasteiger partial charge is 0.292 e. The number of rotatable bonds is 3. The van der Waals surface area contributed by atoms with Gasteiger partial charge >= 0.3 is 0 Å². The molecule has 0 bridgehead atoms. The van der Waals surface area contributed by atoms with Gasteiger partial charge in [-0.1, -0.05) is 24.3 Å². The Hall–Kier alpha value is -2.56. The lowest BCUT2D eigenvalue weighted by Crippen LogP contribution is -2.17. The summed E-state index contributed by atoms with van der Waals surface area (Å²) in [6, 6.07) is 13.4. The maximum atomic E-state index is 10.8. The zero-order valence-corrected chi connectivity index (χ0v) is 11.6. The van der Waals surface area contributed by atoms with Gasteiger partial charge in [-0.25, -0.2) is 0 Å². The number of anilines is 2. The Bertz CT molecular complexity index is 685. The molecule has 108 valence electrons. The molecule has 0 aliphatic heterocycles. The van der Waals surface area contributed by atoms with E-state index in [0.29, 0.717) is 0 Å². The first-order valence-corrected chi connectivity index (χ1v) is 7.03. The van der Waals surface area contributed by atoms with Crippen LogP contribution in [-0.2, 0) is 6.42 Å². The molecule has 2 aromatic carbocycles. The van der Waals surface area contributed by atoms with Crippen LogP contribution in [0.15, 0.2) is 42.5 Å². The Morgan fingerprint density at radius 1 is 1.24 bits per heavy atom. The number of hydrogen-bond donors (Lipinski definition) is 2. The summed E-state index contributed by atoms with van der Waals surface area (Å²) in [5.74, 6) is 0. The molecule has 1 unspecified atom stereocenters. The minimum atomic E-state index is -0.463. The normalized spacial score (nSPS) is 17.0. The van der Waals surface area contributed by atoms with Crippen LogP contribution in [0, 0.1) is 10.1 Å². The third kappa shape index (κ3) is 2.67. The zero-order valence-electron chi connectivity index (χ0n) is 11.6. The van der Waals surface area contributed by atoms with Crippen LogP contribution in [0.5, 0.6) is 0 Å². The third-order valence-electron chi connectivity index (χ3n) is 3.93. The summed E-state index contributed by atoms with van der Waals surface area (Å²) in [6.07, 6.45) is 3.29. The van der Waals surface area contributed by atoms with Gasteiger partial charge in [0.2, 0.25) is 0 Å². The number of nitrogens with two attached hydrogens (primary N) is 1. The van der Waals surface area contributed by atoms with E-state index >= 15 is 0 Å². The van der Waals surface area contributed by atoms with Gasteiger partial charge in [-0.15, -0.1) is 0 Å². The second kappa shape index (κ2) is 5.44.